The van der Waals surface area contributed by atoms with Crippen LogP contribution in [0.25, 0.3) is 10.2 Å². The second kappa shape index (κ2) is 6.55. The molecule has 3 nitrogen and oxygen atoms in total. The Hall–Kier alpha value is -0.840. The number of likely N-dealkylation sites (N-methyl/N-ethyl adjacent to an activating group) is 1. The minimum absolute atomic E-state index is 0.776. The SMILES string of the molecule is CCCN(CCN(C)C)c1nc2ccc(Cl)cc2s1. The van der Waals surface area contributed by atoms with Crippen molar-refractivity contribution >= 4 is 38.3 Å². The smallest absolute Gasteiger partial charge is 0.186 e. The minimum atomic E-state index is 0.776. The summed E-state index contributed by atoms with van der Waals surface area (Å²) in [5.74, 6) is 0. The molecule has 1 aromatic carbocycles. The summed E-state index contributed by atoms with van der Waals surface area (Å²) < 4.78 is 1.16. The van der Waals surface area contributed by atoms with Gasteiger partial charge in [0.2, 0.25) is 0 Å². The number of fused-ring (bicyclic) bond motifs is 1. The summed E-state index contributed by atoms with van der Waals surface area (Å²) in [5, 5.41) is 1.87. The van der Waals surface area contributed by atoms with Gasteiger partial charge in [-0.2, -0.15) is 0 Å². The van der Waals surface area contributed by atoms with Gasteiger partial charge in [0, 0.05) is 24.7 Å². The van der Waals surface area contributed by atoms with E-state index in [1.165, 1.54) is 0 Å². The number of nitrogens with zero attached hydrogens (tertiary/aromatic N) is 3. The van der Waals surface area contributed by atoms with Crippen LogP contribution >= 0.6 is 22.9 Å². The lowest BCUT2D eigenvalue weighted by Gasteiger charge is -2.22. The van der Waals surface area contributed by atoms with Gasteiger partial charge in [-0.3, -0.25) is 0 Å². The first-order valence-corrected chi connectivity index (χ1v) is 7.75. The van der Waals surface area contributed by atoms with E-state index in [0.29, 0.717) is 0 Å². The second-order valence-electron chi connectivity index (χ2n) is 4.90. The van der Waals surface area contributed by atoms with Crippen molar-refractivity contribution in [1.82, 2.24) is 9.88 Å². The summed E-state index contributed by atoms with van der Waals surface area (Å²) in [5.41, 5.74) is 1.04. The van der Waals surface area contributed by atoms with Crippen molar-refractivity contribution in [3.05, 3.63) is 23.2 Å². The van der Waals surface area contributed by atoms with Gasteiger partial charge in [-0.1, -0.05) is 29.9 Å². The topological polar surface area (TPSA) is 19.4 Å². The Labute approximate surface area is 123 Å². The van der Waals surface area contributed by atoms with Gasteiger partial charge in [-0.15, -0.1) is 0 Å². The molecule has 5 heteroatoms. The lowest BCUT2D eigenvalue weighted by molar-refractivity contribution is 0.413. The number of hydrogen-bond acceptors (Lipinski definition) is 4. The Morgan fingerprint density at radius 2 is 2.00 bits per heavy atom. The second-order valence-corrected chi connectivity index (χ2v) is 6.34. The van der Waals surface area contributed by atoms with Crippen molar-refractivity contribution in [3.8, 4) is 0 Å². The highest BCUT2D eigenvalue weighted by Gasteiger charge is 2.11. The Kier molecular flexibility index (Phi) is 5.02. The molecule has 0 atom stereocenters. The maximum atomic E-state index is 6.03. The number of halogens is 1. The summed E-state index contributed by atoms with van der Waals surface area (Å²) in [4.78, 5) is 9.28. The van der Waals surface area contributed by atoms with Gasteiger partial charge in [-0.25, -0.2) is 4.98 Å². The summed E-state index contributed by atoms with van der Waals surface area (Å²) in [6, 6.07) is 5.89. The fraction of sp³-hybridized carbons (Fsp3) is 0.500. The Balaban J connectivity index is 2.22. The molecule has 0 aliphatic carbocycles. The Bertz CT molecular complexity index is 538. The molecule has 1 heterocycles. The molecule has 19 heavy (non-hydrogen) atoms. The molecule has 0 amide bonds. The third kappa shape index (κ3) is 3.81. The lowest BCUT2D eigenvalue weighted by Crippen LogP contribution is -2.32. The van der Waals surface area contributed by atoms with Crippen molar-refractivity contribution in [2.45, 2.75) is 13.3 Å². The fourth-order valence-electron chi connectivity index (χ4n) is 1.92. The molecule has 0 saturated heterocycles. The molecule has 0 saturated carbocycles. The van der Waals surface area contributed by atoms with Crippen LogP contribution < -0.4 is 4.90 Å². The highest BCUT2D eigenvalue weighted by atomic mass is 35.5. The standard InChI is InChI=1S/C14H20ClN3S/c1-4-7-18(9-8-17(2)3)14-16-12-6-5-11(15)10-13(12)19-14/h5-6,10H,4,7-9H2,1-3H3. The van der Waals surface area contributed by atoms with Crippen LogP contribution in [0.4, 0.5) is 5.13 Å². The van der Waals surface area contributed by atoms with Crippen LogP contribution in [0.1, 0.15) is 13.3 Å². The van der Waals surface area contributed by atoms with E-state index in [1.807, 2.05) is 18.2 Å². The zero-order valence-corrected chi connectivity index (χ0v) is 13.3. The summed E-state index contributed by atoms with van der Waals surface area (Å²) in [6.45, 7) is 5.29. The van der Waals surface area contributed by atoms with Gasteiger partial charge in [0.05, 0.1) is 10.2 Å². The van der Waals surface area contributed by atoms with E-state index in [0.717, 1.165) is 46.4 Å². The van der Waals surface area contributed by atoms with Crippen LogP contribution in [0.2, 0.25) is 5.02 Å². The zero-order chi connectivity index (χ0) is 13.8. The van der Waals surface area contributed by atoms with Gasteiger partial charge in [0.25, 0.3) is 0 Å². The molecule has 0 aliphatic rings. The number of benzene rings is 1. The predicted molar refractivity (Wildman–Crippen MR) is 85.7 cm³/mol. The largest absolute Gasteiger partial charge is 0.347 e. The number of hydrogen-bond donors (Lipinski definition) is 0. The molecule has 0 bridgehead atoms. The first kappa shape index (κ1) is 14.6. The third-order valence-electron chi connectivity index (χ3n) is 2.92. The minimum Gasteiger partial charge on any atom is -0.347 e. The van der Waals surface area contributed by atoms with Gasteiger partial charge < -0.3 is 9.80 Å². The zero-order valence-electron chi connectivity index (χ0n) is 11.7. The normalized spacial score (nSPS) is 11.4. The van der Waals surface area contributed by atoms with Crippen LogP contribution in [0.3, 0.4) is 0 Å². The predicted octanol–water partition coefficient (Wildman–Crippen LogP) is 3.73. The van der Waals surface area contributed by atoms with E-state index in [1.54, 1.807) is 11.3 Å². The van der Waals surface area contributed by atoms with Crippen molar-refractivity contribution in [2.24, 2.45) is 0 Å². The monoisotopic (exact) mass is 297 g/mol. The lowest BCUT2D eigenvalue weighted by atomic mass is 10.3. The van der Waals surface area contributed by atoms with Crippen molar-refractivity contribution in [3.63, 3.8) is 0 Å². The average molecular weight is 298 g/mol. The van der Waals surface area contributed by atoms with E-state index in [9.17, 15) is 0 Å². The van der Waals surface area contributed by atoms with E-state index in [2.05, 4.69) is 30.8 Å². The highest BCUT2D eigenvalue weighted by molar-refractivity contribution is 7.22. The molecule has 104 valence electrons. The molecular weight excluding hydrogens is 278 g/mol. The van der Waals surface area contributed by atoms with Gasteiger partial charge >= 0.3 is 0 Å². The maximum Gasteiger partial charge on any atom is 0.186 e. The van der Waals surface area contributed by atoms with E-state index < -0.39 is 0 Å². The molecule has 0 aliphatic heterocycles. The van der Waals surface area contributed by atoms with Crippen molar-refractivity contribution in [1.29, 1.82) is 0 Å². The highest BCUT2D eigenvalue weighted by Crippen LogP contribution is 2.30. The van der Waals surface area contributed by atoms with Crippen LogP contribution in [0.5, 0.6) is 0 Å². The van der Waals surface area contributed by atoms with Gasteiger partial charge in [-0.05, 0) is 38.7 Å². The number of thiazole rings is 1. The number of aromatic nitrogens is 1. The molecule has 0 spiro atoms. The average Bonchev–Trinajstić information content (AvgIpc) is 2.76. The Morgan fingerprint density at radius 3 is 2.68 bits per heavy atom. The molecule has 0 unspecified atom stereocenters. The summed E-state index contributed by atoms with van der Waals surface area (Å²) >= 11 is 7.75. The molecule has 0 fully saturated rings. The molecular formula is C14H20ClN3S. The first-order chi connectivity index (χ1) is 9.10. The van der Waals surface area contributed by atoms with Crippen molar-refractivity contribution in [2.75, 3.05) is 38.6 Å². The van der Waals surface area contributed by atoms with E-state index in [4.69, 9.17) is 16.6 Å². The number of anilines is 1. The quantitative estimate of drug-likeness (QED) is 0.810. The van der Waals surface area contributed by atoms with Gasteiger partial charge in [0.15, 0.2) is 5.13 Å². The van der Waals surface area contributed by atoms with E-state index >= 15 is 0 Å². The molecule has 0 radical (unpaired) electrons. The molecule has 1 aromatic heterocycles. The molecule has 2 aromatic rings. The number of rotatable bonds is 6. The first-order valence-electron chi connectivity index (χ1n) is 6.56. The van der Waals surface area contributed by atoms with Crippen LogP contribution in [-0.4, -0.2) is 43.6 Å². The fourth-order valence-corrected chi connectivity index (χ4v) is 3.21. The molecule has 2 rings (SSSR count). The third-order valence-corrected chi connectivity index (χ3v) is 4.23. The van der Waals surface area contributed by atoms with Gasteiger partial charge in [0.1, 0.15) is 0 Å². The Morgan fingerprint density at radius 1 is 1.21 bits per heavy atom. The van der Waals surface area contributed by atoms with Crippen LogP contribution in [0.15, 0.2) is 18.2 Å². The van der Waals surface area contributed by atoms with E-state index in [-0.39, 0.29) is 0 Å². The summed E-state index contributed by atoms with van der Waals surface area (Å²) in [6.07, 6.45) is 1.13. The van der Waals surface area contributed by atoms with Crippen molar-refractivity contribution < 1.29 is 0 Å². The maximum absolute atomic E-state index is 6.03. The van der Waals surface area contributed by atoms with Crippen LogP contribution in [-0.2, 0) is 0 Å². The summed E-state index contributed by atoms with van der Waals surface area (Å²) in [7, 11) is 4.20. The van der Waals surface area contributed by atoms with Crippen LogP contribution in [0, 0.1) is 0 Å². The molecule has 0 N–H and O–H groups in total.